The summed E-state index contributed by atoms with van der Waals surface area (Å²) in [5.41, 5.74) is 6.12. The smallest absolute Gasteiger partial charge is 0.321 e. The first-order valence-electron chi connectivity index (χ1n) is 5.22. The number of carbonyl (C=O) groups excluding carboxylic acids is 2. The van der Waals surface area contributed by atoms with E-state index >= 15 is 0 Å². The van der Waals surface area contributed by atoms with E-state index < -0.39 is 11.9 Å². The SMILES string of the molecule is CNC(=O)NC(=O)CCSc1cc(F)ccc1N. The van der Waals surface area contributed by atoms with Crippen molar-refractivity contribution >= 4 is 29.4 Å². The normalized spacial score (nSPS) is 9.89. The molecule has 0 aromatic heterocycles. The number of benzene rings is 1. The van der Waals surface area contributed by atoms with Crippen LogP contribution in [0.5, 0.6) is 0 Å². The van der Waals surface area contributed by atoms with Gasteiger partial charge in [-0.15, -0.1) is 11.8 Å². The summed E-state index contributed by atoms with van der Waals surface area (Å²) < 4.78 is 12.9. The number of imide groups is 1. The van der Waals surface area contributed by atoms with Crippen LogP contribution in [0.4, 0.5) is 14.9 Å². The van der Waals surface area contributed by atoms with Gasteiger partial charge in [-0.3, -0.25) is 10.1 Å². The minimum Gasteiger partial charge on any atom is -0.398 e. The van der Waals surface area contributed by atoms with Gasteiger partial charge in [-0.25, -0.2) is 9.18 Å². The highest BCUT2D eigenvalue weighted by Crippen LogP contribution is 2.26. The van der Waals surface area contributed by atoms with Crippen molar-refractivity contribution in [3.05, 3.63) is 24.0 Å². The van der Waals surface area contributed by atoms with E-state index in [0.717, 1.165) is 0 Å². The van der Waals surface area contributed by atoms with Crippen molar-refractivity contribution in [2.75, 3.05) is 18.5 Å². The molecule has 7 heteroatoms. The quantitative estimate of drug-likeness (QED) is 0.570. The summed E-state index contributed by atoms with van der Waals surface area (Å²) in [6.45, 7) is 0. The Bertz CT molecular complexity index is 454. The van der Waals surface area contributed by atoms with Gasteiger partial charge in [-0.05, 0) is 18.2 Å². The van der Waals surface area contributed by atoms with Crippen LogP contribution < -0.4 is 16.4 Å². The monoisotopic (exact) mass is 271 g/mol. The molecule has 0 saturated carbocycles. The lowest BCUT2D eigenvalue weighted by molar-refractivity contribution is -0.119. The maximum Gasteiger partial charge on any atom is 0.321 e. The molecular weight excluding hydrogens is 257 g/mol. The topological polar surface area (TPSA) is 84.2 Å². The van der Waals surface area contributed by atoms with Crippen LogP contribution in [0.1, 0.15) is 6.42 Å². The Hall–Kier alpha value is -1.76. The molecule has 0 fully saturated rings. The number of anilines is 1. The molecule has 3 amide bonds. The van der Waals surface area contributed by atoms with Crippen molar-refractivity contribution in [1.82, 2.24) is 10.6 Å². The van der Waals surface area contributed by atoms with E-state index in [2.05, 4.69) is 10.6 Å². The predicted molar refractivity (Wildman–Crippen MR) is 68.8 cm³/mol. The average molecular weight is 271 g/mol. The lowest BCUT2D eigenvalue weighted by Gasteiger charge is -2.05. The van der Waals surface area contributed by atoms with E-state index in [-0.39, 0.29) is 12.2 Å². The number of nitrogens with one attached hydrogen (secondary N) is 2. The summed E-state index contributed by atoms with van der Waals surface area (Å²) in [5.74, 6) is -0.352. The number of carbonyl (C=O) groups is 2. The highest BCUT2D eigenvalue weighted by Gasteiger charge is 2.07. The lowest BCUT2D eigenvalue weighted by Crippen LogP contribution is -2.37. The van der Waals surface area contributed by atoms with Crippen molar-refractivity contribution < 1.29 is 14.0 Å². The number of nitrogens with two attached hydrogens (primary N) is 1. The number of rotatable bonds is 4. The fourth-order valence-electron chi connectivity index (χ4n) is 1.14. The molecule has 0 radical (unpaired) electrons. The Morgan fingerprint density at radius 2 is 2.17 bits per heavy atom. The predicted octanol–water partition coefficient (Wildman–Crippen LogP) is 1.35. The molecule has 98 valence electrons. The van der Waals surface area contributed by atoms with Crippen molar-refractivity contribution in [3.63, 3.8) is 0 Å². The fraction of sp³-hybridized carbons (Fsp3) is 0.273. The van der Waals surface area contributed by atoms with E-state index in [4.69, 9.17) is 5.73 Å². The zero-order valence-corrected chi connectivity index (χ0v) is 10.6. The average Bonchev–Trinajstić information content (AvgIpc) is 2.33. The molecule has 0 saturated heterocycles. The number of hydrogen-bond donors (Lipinski definition) is 3. The summed E-state index contributed by atoms with van der Waals surface area (Å²) in [6.07, 6.45) is 0.147. The summed E-state index contributed by atoms with van der Waals surface area (Å²) in [7, 11) is 1.42. The summed E-state index contributed by atoms with van der Waals surface area (Å²) in [5, 5.41) is 4.41. The lowest BCUT2D eigenvalue weighted by atomic mass is 10.3. The van der Waals surface area contributed by atoms with Gasteiger partial charge in [0.1, 0.15) is 5.82 Å². The van der Waals surface area contributed by atoms with E-state index in [9.17, 15) is 14.0 Å². The second kappa shape index (κ2) is 6.85. The summed E-state index contributed by atoms with van der Waals surface area (Å²) in [6, 6.07) is 3.52. The highest BCUT2D eigenvalue weighted by atomic mass is 32.2. The van der Waals surface area contributed by atoms with Gasteiger partial charge in [0, 0.05) is 29.8 Å². The Morgan fingerprint density at radius 1 is 1.44 bits per heavy atom. The molecule has 1 aromatic carbocycles. The molecule has 1 aromatic rings. The Balaban J connectivity index is 2.39. The first-order valence-corrected chi connectivity index (χ1v) is 6.21. The molecular formula is C11H14FN3O2S. The molecule has 0 spiro atoms. The standard InChI is InChI=1S/C11H14FN3O2S/c1-14-11(17)15-10(16)4-5-18-9-6-7(12)2-3-8(9)13/h2-3,6H,4-5,13H2,1H3,(H2,14,15,16,17). The Labute approximate surface area is 108 Å². The molecule has 0 unspecified atom stereocenters. The van der Waals surface area contributed by atoms with E-state index in [1.54, 1.807) is 0 Å². The maximum atomic E-state index is 12.9. The van der Waals surface area contributed by atoms with Gasteiger partial charge in [0.05, 0.1) is 0 Å². The molecule has 0 aliphatic carbocycles. The fourth-order valence-corrected chi connectivity index (χ4v) is 2.08. The van der Waals surface area contributed by atoms with Crippen molar-refractivity contribution in [2.24, 2.45) is 0 Å². The minimum atomic E-state index is -0.546. The number of nitrogen functional groups attached to an aromatic ring is 1. The molecule has 0 aliphatic heterocycles. The zero-order valence-electron chi connectivity index (χ0n) is 9.83. The molecule has 0 atom stereocenters. The van der Waals surface area contributed by atoms with E-state index in [1.165, 1.54) is 37.0 Å². The van der Waals surface area contributed by atoms with Gasteiger partial charge in [0.25, 0.3) is 0 Å². The van der Waals surface area contributed by atoms with Crippen LogP contribution in [-0.2, 0) is 4.79 Å². The van der Waals surface area contributed by atoms with Gasteiger partial charge >= 0.3 is 6.03 Å². The number of amides is 3. The molecule has 0 aliphatic rings. The van der Waals surface area contributed by atoms with Gasteiger partial charge in [0.2, 0.25) is 5.91 Å². The molecule has 4 N–H and O–H groups in total. The zero-order chi connectivity index (χ0) is 13.5. The second-order valence-corrected chi connectivity index (χ2v) is 4.54. The third kappa shape index (κ3) is 4.62. The highest BCUT2D eigenvalue weighted by molar-refractivity contribution is 7.99. The van der Waals surface area contributed by atoms with Crippen molar-refractivity contribution in [3.8, 4) is 0 Å². The van der Waals surface area contributed by atoms with E-state index in [1.807, 2.05) is 0 Å². The van der Waals surface area contributed by atoms with Gasteiger partial charge in [-0.1, -0.05) is 0 Å². The molecule has 18 heavy (non-hydrogen) atoms. The van der Waals surface area contributed by atoms with Crippen LogP contribution in [0.25, 0.3) is 0 Å². The van der Waals surface area contributed by atoms with Crippen LogP contribution >= 0.6 is 11.8 Å². The summed E-state index contributed by atoms with van der Waals surface area (Å²) >= 11 is 1.27. The van der Waals surface area contributed by atoms with E-state index in [0.29, 0.717) is 16.3 Å². The molecule has 1 rings (SSSR count). The van der Waals surface area contributed by atoms with Crippen molar-refractivity contribution in [2.45, 2.75) is 11.3 Å². The largest absolute Gasteiger partial charge is 0.398 e. The first-order chi connectivity index (χ1) is 8.52. The van der Waals surface area contributed by atoms with Crippen LogP contribution in [0.3, 0.4) is 0 Å². The number of hydrogen-bond acceptors (Lipinski definition) is 4. The Morgan fingerprint density at radius 3 is 2.83 bits per heavy atom. The molecule has 5 nitrogen and oxygen atoms in total. The first kappa shape index (κ1) is 14.3. The van der Waals surface area contributed by atoms with Gasteiger partial charge < -0.3 is 11.1 Å². The van der Waals surface area contributed by atoms with Crippen molar-refractivity contribution in [1.29, 1.82) is 0 Å². The Kier molecular flexibility index (Phi) is 5.44. The maximum absolute atomic E-state index is 12.9. The third-order valence-corrected chi connectivity index (χ3v) is 3.12. The molecule has 0 bridgehead atoms. The minimum absolute atomic E-state index is 0.147. The third-order valence-electron chi connectivity index (χ3n) is 2.04. The van der Waals surface area contributed by atoms with Gasteiger partial charge in [0.15, 0.2) is 0 Å². The van der Waals surface area contributed by atoms with Crippen LogP contribution in [-0.4, -0.2) is 24.7 Å². The van der Waals surface area contributed by atoms with Gasteiger partial charge in [-0.2, -0.15) is 0 Å². The van der Waals surface area contributed by atoms with Crippen LogP contribution in [0.2, 0.25) is 0 Å². The number of urea groups is 1. The number of halogens is 1. The number of thioether (sulfide) groups is 1. The second-order valence-electron chi connectivity index (χ2n) is 3.41. The summed E-state index contributed by atoms with van der Waals surface area (Å²) in [4.78, 5) is 22.7. The molecule has 0 heterocycles. The van der Waals surface area contributed by atoms with Crippen LogP contribution in [0.15, 0.2) is 23.1 Å². The van der Waals surface area contributed by atoms with Crippen LogP contribution in [0, 0.1) is 5.82 Å².